The molecule has 3 saturated carbocycles. The summed E-state index contributed by atoms with van der Waals surface area (Å²) in [5.41, 5.74) is 7.41. The zero-order valence-corrected chi connectivity index (χ0v) is 45.0. The Kier molecular flexibility index (Phi) is 18.8. The largest absolute Gasteiger partial charge is 0.425 e. The summed E-state index contributed by atoms with van der Waals surface area (Å²) in [6.45, 7) is 9.22. The maximum atomic E-state index is 12.9. The molecule has 394 valence electrons. The van der Waals surface area contributed by atoms with Crippen molar-refractivity contribution in [3.05, 3.63) is 71.4 Å². The Morgan fingerprint density at radius 2 is 1.64 bits per heavy atom. The van der Waals surface area contributed by atoms with Gasteiger partial charge in [0.05, 0.1) is 17.7 Å². The molecule has 3 aromatic carbocycles. The molecule has 6 N–H and O–H groups in total. The van der Waals surface area contributed by atoms with Crippen LogP contribution in [0.5, 0.6) is 5.75 Å². The van der Waals surface area contributed by atoms with Gasteiger partial charge in [0.1, 0.15) is 18.6 Å². The molecule has 3 heterocycles. The minimum Gasteiger partial charge on any atom is -0.425 e. The van der Waals surface area contributed by atoms with Crippen molar-refractivity contribution in [3.63, 3.8) is 0 Å². The Morgan fingerprint density at radius 3 is 2.23 bits per heavy atom. The number of hydrogen-bond acceptors (Lipinski definition) is 12. The quantitative estimate of drug-likeness (QED) is 0.0178. The summed E-state index contributed by atoms with van der Waals surface area (Å²) >= 11 is 10.7. The monoisotopic (exact) mass is 1060 g/mol. The number of unbranched alkanes of at least 4 members (excludes halogenated alkanes) is 2. The predicted molar refractivity (Wildman–Crippen MR) is 287 cm³/mol. The Morgan fingerprint density at radius 1 is 0.959 bits per heavy atom. The molecule has 0 bridgehead atoms. The lowest BCUT2D eigenvalue weighted by Gasteiger charge is -2.24. The lowest BCUT2D eigenvalue weighted by atomic mass is 9.76. The van der Waals surface area contributed by atoms with Gasteiger partial charge in [-0.2, -0.15) is 0 Å². The number of anilines is 3. The molecule has 3 aliphatic carbocycles. The van der Waals surface area contributed by atoms with Gasteiger partial charge in [-0.05, 0) is 97.9 Å². The Bertz CT molecular complexity index is 2730. The van der Waals surface area contributed by atoms with Crippen LogP contribution in [0.25, 0.3) is 21.7 Å². The first-order valence-corrected chi connectivity index (χ1v) is 27.0. The number of aryl methyl sites for hydroxylation is 1. The van der Waals surface area contributed by atoms with Crippen molar-refractivity contribution in [3.8, 4) is 5.75 Å². The molecule has 1 spiro atoms. The molecule has 2 unspecified atom stereocenters. The van der Waals surface area contributed by atoms with Gasteiger partial charge in [0, 0.05) is 104 Å². The number of carbonyl (C=O) groups is 7. The molecule has 17 nitrogen and oxygen atoms in total. The number of aldehydes is 2. The van der Waals surface area contributed by atoms with E-state index in [1.807, 2.05) is 71.4 Å². The SMILES string of the molecule is C/C=C\C(=O)N(C=O)CCCCCC(=O)N[C@H](C(=O)NCC(=O)Nc1cc2c(c3ccccc13)CCN2C)C(C)C.CCl.Cc1c[nH]c2c(OP(O)O)cc3c(c12)[C@H](CCl)CN3C.O=CC12CC3(C=O)CC13C2. The number of amides is 5. The molecule has 9 rings (SSSR count). The average molecular weight is 1070 g/mol. The predicted octanol–water partition coefficient (Wildman–Crippen LogP) is 7.40. The van der Waals surface area contributed by atoms with Crippen LogP contribution >= 0.6 is 31.8 Å². The van der Waals surface area contributed by atoms with E-state index in [-0.39, 0.29) is 65.3 Å². The third-order valence-electron chi connectivity index (χ3n) is 15.0. The molecule has 5 aliphatic rings. The highest BCUT2D eigenvalue weighted by molar-refractivity contribution is 7.39. The minimum absolute atomic E-state index is 0.00604. The molecule has 0 radical (unpaired) electrons. The van der Waals surface area contributed by atoms with Gasteiger partial charge in [0.25, 0.3) is 5.91 Å². The summed E-state index contributed by atoms with van der Waals surface area (Å²) in [4.78, 5) is 109. The maximum absolute atomic E-state index is 12.9. The Hall–Kier alpha value is -5.58. The van der Waals surface area contributed by atoms with Gasteiger partial charge in [-0.15, -0.1) is 23.2 Å². The van der Waals surface area contributed by atoms with E-state index in [0.717, 1.165) is 94.9 Å². The van der Waals surface area contributed by atoms with E-state index in [1.165, 1.54) is 23.6 Å². The fraction of sp³-hybridized carbons (Fsp3) is 0.491. The Labute approximate surface area is 437 Å². The van der Waals surface area contributed by atoms with E-state index in [1.54, 1.807) is 13.0 Å². The Balaban J connectivity index is 0.000000219. The zero-order chi connectivity index (χ0) is 53.4. The number of H-pyrrole nitrogens is 1. The lowest BCUT2D eigenvalue weighted by Crippen LogP contribution is -2.51. The highest BCUT2D eigenvalue weighted by atomic mass is 35.5. The number of rotatable bonds is 19. The molecule has 73 heavy (non-hydrogen) atoms. The lowest BCUT2D eigenvalue weighted by molar-refractivity contribution is -0.134. The summed E-state index contributed by atoms with van der Waals surface area (Å²) in [5.74, 6) is -0.303. The standard InChI is InChI=1S/C31H41N5O5.C13H16ClN2O3P.C8H8O2.CH3Cl/c1-5-11-29(40)36(20-37)16-10-6-7-14-27(38)34-30(21(2)3)31(41)32-19-28(39)33-25-18-26-24(15-17-35(26)4)22-12-8-9-13-23(22)25;1-7-5-15-13-10(19-20(17)18)3-9-12(11(7)13)8(4-14)6-16(9)2;9-4-6-1-7(5-10)3-8(6,7)2-6;1-2/h5,8-9,11-13,18,20-21,30H,6-7,10,14-17,19H2,1-4H3,(H,32,41)(H,33,39)(H,34,38);3,5,8,15,17-18H,4,6H2,1-2H3;4-5H,1-3H2;1H3/b11-5-;;;/t30-;8-;;/m01../s1. The first-order valence-electron chi connectivity index (χ1n) is 24.5. The highest BCUT2D eigenvalue weighted by Gasteiger charge is 2.96. The van der Waals surface area contributed by atoms with Crippen molar-refractivity contribution >= 4 is 113 Å². The summed E-state index contributed by atoms with van der Waals surface area (Å²) in [5, 5.41) is 11.5. The van der Waals surface area contributed by atoms with Gasteiger partial charge in [0.15, 0.2) is 5.75 Å². The molecular formula is C53H68Cl2N7O10P. The number of alkyl halides is 2. The van der Waals surface area contributed by atoms with Crippen LogP contribution in [0.2, 0.25) is 0 Å². The van der Waals surface area contributed by atoms with Crippen molar-refractivity contribution < 1.29 is 47.9 Å². The van der Waals surface area contributed by atoms with Crippen molar-refractivity contribution in [1.82, 2.24) is 20.5 Å². The minimum atomic E-state index is -2.44. The van der Waals surface area contributed by atoms with Crippen LogP contribution < -0.4 is 30.3 Å². The van der Waals surface area contributed by atoms with Crippen molar-refractivity contribution in [2.75, 3.05) is 67.7 Å². The fourth-order valence-corrected chi connectivity index (χ4v) is 11.8. The van der Waals surface area contributed by atoms with E-state index < -0.39 is 20.6 Å². The first kappa shape index (κ1) is 56.7. The summed E-state index contributed by atoms with van der Waals surface area (Å²) in [7, 11) is 1.59. The van der Waals surface area contributed by atoms with Gasteiger partial charge < -0.3 is 54.6 Å². The molecular weight excluding hydrogens is 997 g/mol. The van der Waals surface area contributed by atoms with Gasteiger partial charge in [-0.3, -0.25) is 28.9 Å². The smallest absolute Gasteiger partial charge is 0.391 e. The highest BCUT2D eigenvalue weighted by Crippen LogP contribution is 2.99. The topological polar surface area (TPSA) is 231 Å². The second-order valence-corrected chi connectivity index (χ2v) is 20.9. The van der Waals surface area contributed by atoms with Gasteiger partial charge in [-0.1, -0.05) is 50.6 Å². The van der Waals surface area contributed by atoms with Crippen molar-refractivity contribution in [2.45, 2.75) is 91.0 Å². The van der Waals surface area contributed by atoms with E-state index in [2.05, 4.69) is 48.4 Å². The van der Waals surface area contributed by atoms with Crippen LogP contribution in [-0.4, -0.2) is 121 Å². The molecule has 1 aromatic heterocycles. The van der Waals surface area contributed by atoms with Crippen LogP contribution in [0.15, 0.2) is 54.7 Å². The molecule has 0 saturated heterocycles. The zero-order valence-electron chi connectivity index (χ0n) is 42.6. The molecule has 20 heteroatoms. The maximum Gasteiger partial charge on any atom is 0.391 e. The molecule has 4 aromatic rings. The fourth-order valence-electron chi connectivity index (χ4n) is 11.2. The number of likely N-dealkylation sites (N-methyl/N-ethyl adjacent to an activating group) is 2. The van der Waals surface area contributed by atoms with E-state index in [9.17, 15) is 33.6 Å². The number of halogens is 2. The third kappa shape index (κ3) is 11.7. The number of imide groups is 1. The number of aromatic amines is 1. The number of hydrogen-bond donors (Lipinski definition) is 6. The second-order valence-electron chi connectivity index (χ2n) is 19.9. The van der Waals surface area contributed by atoms with Gasteiger partial charge in [-0.25, -0.2) is 0 Å². The number of allylic oxidation sites excluding steroid dienone is 1. The normalized spacial score (nSPS) is 21.6. The number of nitrogens with zero attached hydrogens (tertiary/aromatic N) is 3. The number of benzene rings is 3. The molecule has 4 atom stereocenters. The number of aromatic nitrogens is 1. The van der Waals surface area contributed by atoms with E-state index >= 15 is 0 Å². The molecule has 3 fully saturated rings. The van der Waals surface area contributed by atoms with Gasteiger partial charge in [0.2, 0.25) is 24.1 Å². The summed E-state index contributed by atoms with van der Waals surface area (Å²) in [6.07, 6.45) is 14.7. The average Bonchev–Trinajstić information content (AvgIpc) is 3.70. The second kappa shape index (κ2) is 24.2. The van der Waals surface area contributed by atoms with E-state index in [0.29, 0.717) is 43.0 Å². The number of fused-ring (bicyclic) bond motifs is 6. The van der Waals surface area contributed by atoms with Crippen LogP contribution in [0.3, 0.4) is 0 Å². The van der Waals surface area contributed by atoms with Crippen molar-refractivity contribution in [1.29, 1.82) is 0 Å². The van der Waals surface area contributed by atoms with Crippen molar-refractivity contribution in [2.24, 2.45) is 22.2 Å². The van der Waals surface area contributed by atoms with Crippen LogP contribution in [0.4, 0.5) is 17.1 Å². The number of carbonyl (C=O) groups excluding carboxylic acids is 7. The molecule has 2 aliphatic heterocycles. The summed E-state index contributed by atoms with van der Waals surface area (Å²) in [6, 6.07) is 11.0. The van der Waals surface area contributed by atoms with Crippen LogP contribution in [0, 0.1) is 29.1 Å². The third-order valence-corrected chi connectivity index (χ3v) is 15.7. The van der Waals surface area contributed by atoms with Crippen LogP contribution in [0.1, 0.15) is 88.3 Å². The van der Waals surface area contributed by atoms with Gasteiger partial charge >= 0.3 is 8.60 Å². The number of nitrogens with one attached hydrogen (secondary N) is 4. The first-order chi connectivity index (χ1) is 34.9. The summed E-state index contributed by atoms with van der Waals surface area (Å²) < 4.78 is 5.17. The van der Waals surface area contributed by atoms with E-state index in [4.69, 9.17) is 25.9 Å². The van der Waals surface area contributed by atoms with Crippen LogP contribution in [-0.2, 0) is 40.0 Å². The molecule has 5 amide bonds.